The van der Waals surface area contributed by atoms with Gasteiger partial charge in [0.05, 0.1) is 24.6 Å². The summed E-state index contributed by atoms with van der Waals surface area (Å²) in [6.07, 6.45) is 11.7. The molecule has 5 nitrogen and oxygen atoms in total. The highest BCUT2D eigenvalue weighted by Crippen LogP contribution is 2.34. The van der Waals surface area contributed by atoms with Crippen molar-refractivity contribution in [3.63, 3.8) is 0 Å². The lowest BCUT2D eigenvalue weighted by atomic mass is 10.0. The summed E-state index contributed by atoms with van der Waals surface area (Å²) in [5, 5.41) is 0. The average molecular weight is 582 g/mol. The van der Waals surface area contributed by atoms with Crippen LogP contribution in [0.2, 0.25) is 0 Å². The Bertz CT molecular complexity index is 1350. The van der Waals surface area contributed by atoms with E-state index in [9.17, 15) is 0 Å². The molecule has 0 saturated carbocycles. The zero-order valence-corrected chi connectivity index (χ0v) is 27.2. The van der Waals surface area contributed by atoms with Crippen LogP contribution in [0.3, 0.4) is 0 Å². The van der Waals surface area contributed by atoms with E-state index in [4.69, 9.17) is 14.5 Å². The van der Waals surface area contributed by atoms with E-state index in [1.165, 1.54) is 38.5 Å². The summed E-state index contributed by atoms with van der Waals surface area (Å²) in [6, 6.07) is 20.9. The lowest BCUT2D eigenvalue weighted by molar-refractivity contribution is 0.223. The maximum absolute atomic E-state index is 6.47. The summed E-state index contributed by atoms with van der Waals surface area (Å²) in [7, 11) is 0. The molecule has 4 rings (SSSR count). The molecule has 0 fully saturated rings. The monoisotopic (exact) mass is 581 g/mol. The average Bonchev–Trinajstić information content (AvgIpc) is 3.47. The van der Waals surface area contributed by atoms with E-state index < -0.39 is 0 Å². The molecule has 2 aromatic carbocycles. The molecule has 0 amide bonds. The summed E-state index contributed by atoms with van der Waals surface area (Å²) in [4.78, 5) is 9.81. The number of benzene rings is 2. The van der Waals surface area contributed by atoms with Crippen LogP contribution >= 0.6 is 0 Å². The fraction of sp³-hybridized carbons (Fsp3) is 0.474. The van der Waals surface area contributed by atoms with Crippen molar-refractivity contribution >= 4 is 0 Å². The van der Waals surface area contributed by atoms with Gasteiger partial charge in [0.15, 0.2) is 0 Å². The van der Waals surface area contributed by atoms with Crippen molar-refractivity contribution in [2.75, 3.05) is 13.2 Å². The molecule has 0 aliphatic carbocycles. The van der Waals surface area contributed by atoms with Gasteiger partial charge in [-0.05, 0) is 62.8 Å². The SMILES string of the molecule is CCCCC(CC)COc1cc(OCC(CC)CCCC)cc(-c2cn(-c3cc(C)nc(C)c3)c(-c3ccccc3)n2)c1. The van der Waals surface area contributed by atoms with Gasteiger partial charge in [-0.2, -0.15) is 0 Å². The van der Waals surface area contributed by atoms with Gasteiger partial charge in [-0.15, -0.1) is 0 Å². The smallest absolute Gasteiger partial charge is 0.145 e. The topological polar surface area (TPSA) is 49.2 Å². The highest BCUT2D eigenvalue weighted by atomic mass is 16.5. The molecule has 0 bridgehead atoms. The summed E-state index contributed by atoms with van der Waals surface area (Å²) in [5.74, 6) is 3.68. The number of aromatic nitrogens is 3. The van der Waals surface area contributed by atoms with Gasteiger partial charge in [-0.1, -0.05) is 96.6 Å². The summed E-state index contributed by atoms with van der Waals surface area (Å²) >= 11 is 0. The fourth-order valence-electron chi connectivity index (χ4n) is 5.57. The van der Waals surface area contributed by atoms with Gasteiger partial charge in [-0.3, -0.25) is 9.55 Å². The number of pyridine rings is 1. The second-order valence-corrected chi connectivity index (χ2v) is 11.9. The van der Waals surface area contributed by atoms with E-state index in [1.807, 2.05) is 19.9 Å². The first-order valence-corrected chi connectivity index (χ1v) is 16.4. The standard InChI is InChI=1S/C38H51N3O2/c1-7-11-16-30(9-3)26-42-35-22-33(23-36(24-35)43-27-31(10-4)17-12-8-2)37-25-41(34-20-28(5)39-29(6)21-34)38(40-37)32-18-14-13-15-19-32/h13-15,18-25,30-31H,7-12,16-17,26-27H2,1-6H3. The Hall–Kier alpha value is -3.60. The number of ether oxygens (including phenoxy) is 2. The normalized spacial score (nSPS) is 12.7. The van der Waals surface area contributed by atoms with Crippen molar-refractivity contribution in [1.82, 2.24) is 14.5 Å². The van der Waals surface area contributed by atoms with Crippen LogP contribution in [0.1, 0.15) is 90.4 Å². The van der Waals surface area contributed by atoms with Crippen LogP contribution in [-0.2, 0) is 0 Å². The zero-order valence-electron chi connectivity index (χ0n) is 27.2. The first-order chi connectivity index (χ1) is 20.9. The van der Waals surface area contributed by atoms with Crippen molar-refractivity contribution in [2.45, 2.75) is 92.9 Å². The molecule has 2 unspecified atom stereocenters. The summed E-state index contributed by atoms with van der Waals surface area (Å²) in [6.45, 7) is 14.5. The molecule has 0 N–H and O–H groups in total. The molecule has 43 heavy (non-hydrogen) atoms. The number of nitrogens with zero attached hydrogens (tertiary/aromatic N) is 3. The molecule has 0 spiro atoms. The maximum atomic E-state index is 6.47. The van der Waals surface area contributed by atoms with E-state index in [0.717, 1.165) is 64.1 Å². The number of hydrogen-bond donors (Lipinski definition) is 0. The first-order valence-electron chi connectivity index (χ1n) is 16.4. The van der Waals surface area contributed by atoms with Crippen LogP contribution in [0.5, 0.6) is 11.5 Å². The Morgan fingerprint density at radius 1 is 0.674 bits per heavy atom. The Morgan fingerprint density at radius 2 is 1.23 bits per heavy atom. The molecule has 0 aliphatic heterocycles. The number of hydrogen-bond acceptors (Lipinski definition) is 4. The third-order valence-corrected chi connectivity index (χ3v) is 8.32. The molecule has 0 saturated heterocycles. The molecule has 2 aromatic heterocycles. The second-order valence-electron chi connectivity index (χ2n) is 11.9. The number of unbranched alkanes of at least 4 members (excludes halogenated alkanes) is 2. The van der Waals surface area contributed by atoms with Crippen molar-refractivity contribution in [2.24, 2.45) is 11.8 Å². The van der Waals surface area contributed by atoms with Gasteiger partial charge in [0.25, 0.3) is 0 Å². The van der Waals surface area contributed by atoms with Crippen molar-refractivity contribution in [3.8, 4) is 39.8 Å². The lowest BCUT2D eigenvalue weighted by Crippen LogP contribution is -2.12. The minimum Gasteiger partial charge on any atom is -0.493 e. The number of rotatable bonds is 17. The Morgan fingerprint density at radius 3 is 1.74 bits per heavy atom. The highest BCUT2D eigenvalue weighted by Gasteiger charge is 2.17. The Labute approximate surface area is 259 Å². The van der Waals surface area contributed by atoms with E-state index in [0.29, 0.717) is 25.0 Å². The molecular weight excluding hydrogens is 530 g/mol. The largest absolute Gasteiger partial charge is 0.493 e. The van der Waals surface area contributed by atoms with Gasteiger partial charge in [-0.25, -0.2) is 4.98 Å². The molecule has 0 aliphatic rings. The third kappa shape index (κ3) is 9.19. The van der Waals surface area contributed by atoms with E-state index in [-0.39, 0.29) is 0 Å². The zero-order chi connectivity index (χ0) is 30.6. The maximum Gasteiger partial charge on any atom is 0.145 e. The molecule has 4 aromatic rings. The summed E-state index contributed by atoms with van der Waals surface area (Å²) in [5.41, 5.74) is 5.96. The van der Waals surface area contributed by atoms with Crippen molar-refractivity contribution < 1.29 is 9.47 Å². The van der Waals surface area contributed by atoms with Gasteiger partial charge < -0.3 is 9.47 Å². The Balaban J connectivity index is 1.73. The quantitative estimate of drug-likeness (QED) is 0.124. The van der Waals surface area contributed by atoms with Gasteiger partial charge in [0, 0.05) is 34.8 Å². The van der Waals surface area contributed by atoms with Crippen LogP contribution in [0.4, 0.5) is 0 Å². The minimum atomic E-state index is 0.550. The van der Waals surface area contributed by atoms with Crippen LogP contribution in [0, 0.1) is 25.7 Å². The molecule has 230 valence electrons. The third-order valence-electron chi connectivity index (χ3n) is 8.32. The Kier molecular flexibility index (Phi) is 12.3. The van der Waals surface area contributed by atoms with Gasteiger partial charge in [0.2, 0.25) is 0 Å². The minimum absolute atomic E-state index is 0.550. The number of aryl methyl sites for hydroxylation is 2. The van der Waals surface area contributed by atoms with Crippen molar-refractivity contribution in [1.29, 1.82) is 0 Å². The van der Waals surface area contributed by atoms with E-state index >= 15 is 0 Å². The fourth-order valence-corrected chi connectivity index (χ4v) is 5.57. The first kappa shape index (κ1) is 32.3. The van der Waals surface area contributed by atoms with Crippen LogP contribution < -0.4 is 9.47 Å². The predicted octanol–water partition coefficient (Wildman–Crippen LogP) is 10.4. The molecule has 2 atom stereocenters. The molecule has 2 heterocycles. The van der Waals surface area contributed by atoms with E-state index in [2.05, 4.69) is 98.0 Å². The second kappa shape index (κ2) is 16.3. The highest BCUT2D eigenvalue weighted by molar-refractivity contribution is 5.69. The van der Waals surface area contributed by atoms with Crippen LogP contribution in [0.25, 0.3) is 28.3 Å². The van der Waals surface area contributed by atoms with Crippen LogP contribution in [0.15, 0.2) is 66.9 Å². The van der Waals surface area contributed by atoms with Crippen LogP contribution in [-0.4, -0.2) is 27.7 Å². The molecular formula is C38H51N3O2. The lowest BCUT2D eigenvalue weighted by Gasteiger charge is -2.18. The molecule has 5 heteroatoms. The summed E-state index contributed by atoms with van der Waals surface area (Å²) < 4.78 is 15.1. The van der Waals surface area contributed by atoms with Crippen molar-refractivity contribution in [3.05, 3.63) is 78.2 Å². The molecule has 0 radical (unpaired) electrons. The predicted molar refractivity (Wildman–Crippen MR) is 179 cm³/mol. The van der Waals surface area contributed by atoms with E-state index in [1.54, 1.807) is 0 Å². The van der Waals surface area contributed by atoms with Gasteiger partial charge >= 0.3 is 0 Å². The number of imidazole rings is 1. The van der Waals surface area contributed by atoms with Gasteiger partial charge in [0.1, 0.15) is 17.3 Å².